The van der Waals surface area contributed by atoms with E-state index in [1.807, 2.05) is 13.8 Å². The smallest absolute Gasteiger partial charge is 0.309 e. The van der Waals surface area contributed by atoms with Crippen molar-refractivity contribution in [1.29, 1.82) is 0 Å². The lowest BCUT2D eigenvalue weighted by Crippen LogP contribution is -2.45. The molecule has 1 aromatic heterocycles. The van der Waals surface area contributed by atoms with Crippen LogP contribution in [0.3, 0.4) is 0 Å². The van der Waals surface area contributed by atoms with Gasteiger partial charge in [0.25, 0.3) is 0 Å². The van der Waals surface area contributed by atoms with Crippen LogP contribution in [0.2, 0.25) is 0 Å². The molecule has 3 heterocycles. The summed E-state index contributed by atoms with van der Waals surface area (Å²) in [7, 11) is 0. The van der Waals surface area contributed by atoms with Crippen molar-refractivity contribution < 1.29 is 38.8 Å². The molecule has 0 saturated carbocycles. The lowest BCUT2D eigenvalue weighted by Gasteiger charge is -2.34. The molecule has 1 aromatic rings. The van der Waals surface area contributed by atoms with Crippen LogP contribution >= 0.6 is 11.3 Å². The molecule has 2 aliphatic rings. The Morgan fingerprint density at radius 3 is 2.61 bits per heavy atom. The predicted octanol–water partition coefficient (Wildman–Crippen LogP) is 3.57. The molecule has 0 radical (unpaired) electrons. The summed E-state index contributed by atoms with van der Waals surface area (Å²) >= 11 is 1.19. The second kappa shape index (κ2) is 11.3. The van der Waals surface area contributed by atoms with Crippen LogP contribution in [0, 0.1) is 17.3 Å². The van der Waals surface area contributed by atoms with Crippen molar-refractivity contribution >= 4 is 29.2 Å². The molecule has 2 fully saturated rings. The van der Waals surface area contributed by atoms with E-state index in [4.69, 9.17) is 9.47 Å². The van der Waals surface area contributed by atoms with Crippen LogP contribution in [0.15, 0.2) is 11.2 Å². The molecular weight excluding hydrogens is 489 g/mol. The van der Waals surface area contributed by atoms with Crippen LogP contribution in [0.25, 0.3) is 6.08 Å². The third kappa shape index (κ3) is 6.58. The average molecular weight is 528 g/mol. The Kier molecular flexibility index (Phi) is 9.09. The van der Waals surface area contributed by atoms with E-state index in [1.165, 1.54) is 31.3 Å². The Balaban J connectivity index is 1.85. The number of halogens is 1. The second-order valence-electron chi connectivity index (χ2n) is 10.9. The number of nitrogens with zero attached hydrogens (tertiary/aromatic N) is 1. The highest BCUT2D eigenvalue weighted by atomic mass is 32.1. The average Bonchev–Trinajstić information content (AvgIpc) is 3.23. The molecule has 0 aliphatic carbocycles. The molecule has 36 heavy (non-hydrogen) atoms. The normalized spacial score (nSPS) is 36.8. The fourth-order valence-electron chi connectivity index (χ4n) is 4.88. The van der Waals surface area contributed by atoms with Crippen molar-refractivity contribution in [1.82, 2.24) is 4.98 Å². The van der Waals surface area contributed by atoms with Crippen molar-refractivity contribution in [3.8, 4) is 0 Å². The van der Waals surface area contributed by atoms with Crippen LogP contribution in [0.1, 0.15) is 77.4 Å². The quantitative estimate of drug-likeness (QED) is 0.402. The van der Waals surface area contributed by atoms with E-state index < -0.39 is 53.5 Å². The number of aliphatic hydroxyl groups excluding tert-OH is 3. The zero-order valence-electron chi connectivity index (χ0n) is 21.6. The molecule has 0 unspecified atom stereocenters. The van der Waals surface area contributed by atoms with Gasteiger partial charge in [-0.25, -0.2) is 9.37 Å². The number of carbonyl (C=O) groups is 2. The third-order valence-electron chi connectivity index (χ3n) is 7.70. The number of hydrogen-bond acceptors (Lipinski definition) is 9. The Labute approximate surface area is 215 Å². The fraction of sp³-hybridized carbons (Fsp3) is 0.731. The minimum atomic E-state index is -1.38. The fourth-order valence-corrected chi connectivity index (χ4v) is 5.49. The molecule has 10 heteroatoms. The van der Waals surface area contributed by atoms with E-state index in [9.17, 15) is 24.9 Å². The number of ketones is 1. The molecule has 3 rings (SSSR count). The number of esters is 1. The first-order valence-corrected chi connectivity index (χ1v) is 13.4. The first kappa shape index (κ1) is 28.8. The summed E-state index contributed by atoms with van der Waals surface area (Å²) in [5.41, 5.74) is -1.52. The van der Waals surface area contributed by atoms with Gasteiger partial charge in [-0.1, -0.05) is 34.1 Å². The number of thiazole rings is 1. The first-order chi connectivity index (χ1) is 16.8. The van der Waals surface area contributed by atoms with Gasteiger partial charge in [-0.05, 0) is 31.8 Å². The van der Waals surface area contributed by atoms with Gasteiger partial charge in [-0.3, -0.25) is 9.59 Å². The van der Waals surface area contributed by atoms with E-state index in [0.29, 0.717) is 23.5 Å². The standard InChI is InChI=1S/C26H38FNO7S/c1-14-7-6-8-26(5)20(35-26)10-18(17(27)9-16-13-36-21(12-29)28-16)34-22(31)11-19(30)25(3,4)24(33)15(2)23(14)32/h9,13-15,18-20,23,29-30,32H,6-8,10-12H2,1-5H3/b17-9+/t14-,15+,18-,19-,20-,23-,26+/m0/s1. The molecule has 7 atom stereocenters. The molecule has 0 bridgehead atoms. The molecule has 0 spiro atoms. The van der Waals surface area contributed by atoms with Crippen molar-refractivity contribution in [2.75, 3.05) is 0 Å². The molecule has 202 valence electrons. The number of carbonyl (C=O) groups excluding carboxylic acids is 2. The number of ether oxygens (including phenoxy) is 2. The van der Waals surface area contributed by atoms with Gasteiger partial charge < -0.3 is 24.8 Å². The Bertz CT molecular complexity index is 979. The Morgan fingerprint density at radius 1 is 1.28 bits per heavy atom. The van der Waals surface area contributed by atoms with E-state index in [1.54, 1.807) is 12.3 Å². The van der Waals surface area contributed by atoms with Crippen LogP contribution in [0.4, 0.5) is 4.39 Å². The number of epoxide rings is 1. The van der Waals surface area contributed by atoms with Crippen molar-refractivity contribution in [2.24, 2.45) is 17.3 Å². The summed E-state index contributed by atoms with van der Waals surface area (Å²) in [4.78, 5) is 30.0. The number of rotatable bonds is 3. The van der Waals surface area contributed by atoms with Crippen LogP contribution in [-0.4, -0.2) is 62.1 Å². The Morgan fingerprint density at radius 2 is 1.97 bits per heavy atom. The molecule has 8 nitrogen and oxygen atoms in total. The maximum Gasteiger partial charge on any atom is 0.309 e. The van der Waals surface area contributed by atoms with Crippen LogP contribution in [0.5, 0.6) is 0 Å². The summed E-state index contributed by atoms with van der Waals surface area (Å²) in [6.45, 7) is 8.27. The number of aromatic nitrogens is 1. The highest BCUT2D eigenvalue weighted by molar-refractivity contribution is 7.09. The SMILES string of the molecule is C[C@H]1CCC[C@@]2(C)O[C@H]2C[C@@H](/C(F)=C\c2csc(CO)n2)OC(=O)C[C@H](O)C(C)(C)C(=O)[C@H](C)[C@H]1O. The van der Waals surface area contributed by atoms with Crippen molar-refractivity contribution in [3.63, 3.8) is 0 Å². The largest absolute Gasteiger partial charge is 0.455 e. The maximum absolute atomic E-state index is 15.3. The molecular formula is C26H38FNO7S. The lowest BCUT2D eigenvalue weighted by atomic mass is 9.73. The van der Waals surface area contributed by atoms with E-state index >= 15 is 4.39 Å². The van der Waals surface area contributed by atoms with Crippen LogP contribution < -0.4 is 0 Å². The van der Waals surface area contributed by atoms with Gasteiger partial charge >= 0.3 is 5.97 Å². The zero-order chi connectivity index (χ0) is 26.8. The monoisotopic (exact) mass is 527 g/mol. The topological polar surface area (TPSA) is 129 Å². The van der Waals surface area contributed by atoms with Gasteiger partial charge in [0.2, 0.25) is 0 Å². The van der Waals surface area contributed by atoms with Gasteiger partial charge in [0, 0.05) is 17.7 Å². The summed E-state index contributed by atoms with van der Waals surface area (Å²) in [6, 6.07) is 0. The van der Waals surface area contributed by atoms with E-state index in [2.05, 4.69) is 4.98 Å². The minimum absolute atomic E-state index is 0.0925. The highest BCUT2D eigenvalue weighted by Crippen LogP contribution is 2.45. The number of aliphatic hydroxyl groups is 3. The zero-order valence-corrected chi connectivity index (χ0v) is 22.4. The third-order valence-corrected chi connectivity index (χ3v) is 8.56. The van der Waals surface area contributed by atoms with Gasteiger partial charge in [0.15, 0.2) is 6.10 Å². The number of fused-ring (bicyclic) bond motifs is 1. The number of hydrogen-bond donors (Lipinski definition) is 3. The highest BCUT2D eigenvalue weighted by Gasteiger charge is 2.53. The number of Topliss-reactive ketones (excluding diaryl/α,β-unsaturated/α-hetero) is 1. The Hall–Kier alpha value is -1.72. The summed E-state index contributed by atoms with van der Waals surface area (Å²) in [5, 5.41) is 32.8. The van der Waals surface area contributed by atoms with Crippen molar-refractivity contribution in [2.45, 2.75) is 103 Å². The summed E-state index contributed by atoms with van der Waals surface area (Å²) in [6.07, 6.45) is -0.982. The molecule has 0 amide bonds. The van der Waals surface area contributed by atoms with Gasteiger partial charge in [0.1, 0.15) is 16.6 Å². The second-order valence-corrected chi connectivity index (χ2v) is 11.9. The van der Waals surface area contributed by atoms with Gasteiger partial charge in [0.05, 0.1) is 48.0 Å². The first-order valence-electron chi connectivity index (χ1n) is 12.5. The molecule has 2 aliphatic heterocycles. The van der Waals surface area contributed by atoms with Crippen LogP contribution in [-0.2, 0) is 25.7 Å². The number of cyclic esters (lactones) is 1. The van der Waals surface area contributed by atoms with E-state index in [0.717, 1.165) is 6.42 Å². The minimum Gasteiger partial charge on any atom is -0.455 e. The van der Waals surface area contributed by atoms with E-state index in [-0.39, 0.29) is 30.8 Å². The molecule has 3 N–H and O–H groups in total. The van der Waals surface area contributed by atoms with Gasteiger partial charge in [-0.15, -0.1) is 11.3 Å². The maximum atomic E-state index is 15.3. The summed E-state index contributed by atoms with van der Waals surface area (Å²) < 4.78 is 26.7. The molecule has 0 aromatic carbocycles. The summed E-state index contributed by atoms with van der Waals surface area (Å²) in [5.74, 6) is -2.79. The van der Waals surface area contributed by atoms with Crippen molar-refractivity contribution in [3.05, 3.63) is 21.9 Å². The lowest BCUT2D eigenvalue weighted by molar-refractivity contribution is -0.155. The molecule has 2 saturated heterocycles. The van der Waals surface area contributed by atoms with Gasteiger partial charge in [-0.2, -0.15) is 0 Å². The predicted molar refractivity (Wildman–Crippen MR) is 132 cm³/mol.